The highest BCUT2D eigenvalue weighted by Crippen LogP contribution is 2.38. The molecule has 1 aromatic heterocycles. The molecule has 1 aliphatic heterocycles. The number of anilines is 1. The summed E-state index contributed by atoms with van der Waals surface area (Å²) in [6, 6.07) is 12.1. The number of benzene rings is 1. The van der Waals surface area contributed by atoms with Crippen molar-refractivity contribution in [2.75, 3.05) is 5.32 Å². The zero-order valence-electron chi connectivity index (χ0n) is 13.4. The van der Waals surface area contributed by atoms with Gasteiger partial charge in [0.05, 0.1) is 11.3 Å². The molecule has 2 aromatic rings. The number of amides is 1. The molecule has 1 N–H and O–H groups in total. The van der Waals surface area contributed by atoms with E-state index in [1.807, 2.05) is 41.3 Å². The average Bonchev–Trinajstić information content (AvgIpc) is 2.90. The van der Waals surface area contributed by atoms with E-state index >= 15 is 0 Å². The minimum atomic E-state index is -0.182. The fraction of sp³-hybridized carbons (Fsp3) is 0.368. The first-order chi connectivity index (χ1) is 11.7. The number of nitrogens with zero attached hydrogens (tertiary/aromatic N) is 2. The first kappa shape index (κ1) is 15.6. The smallest absolute Gasteiger partial charge is 0.258 e. The predicted octanol–water partition coefficient (Wildman–Crippen LogP) is 4.74. The second-order valence-electron chi connectivity index (χ2n) is 6.49. The van der Waals surface area contributed by atoms with E-state index in [9.17, 15) is 4.79 Å². The Morgan fingerprint density at radius 3 is 2.58 bits per heavy atom. The molecule has 124 valence electrons. The lowest BCUT2D eigenvalue weighted by Gasteiger charge is -2.36. The molecule has 1 unspecified atom stereocenters. The lowest BCUT2D eigenvalue weighted by Crippen LogP contribution is -2.42. The topological polar surface area (TPSA) is 45.2 Å². The fourth-order valence-electron chi connectivity index (χ4n) is 3.78. The minimum absolute atomic E-state index is 0.111. The van der Waals surface area contributed by atoms with Gasteiger partial charge in [-0.3, -0.25) is 9.78 Å². The number of rotatable bonds is 3. The molecule has 1 fully saturated rings. The van der Waals surface area contributed by atoms with Crippen molar-refractivity contribution in [1.82, 2.24) is 9.88 Å². The van der Waals surface area contributed by atoms with Gasteiger partial charge in [0.1, 0.15) is 6.17 Å². The molecule has 5 heteroatoms. The van der Waals surface area contributed by atoms with Crippen molar-refractivity contribution in [3.8, 4) is 0 Å². The highest BCUT2D eigenvalue weighted by Gasteiger charge is 2.41. The number of carbonyl (C=O) groups excluding carboxylic acids is 1. The Kier molecular flexibility index (Phi) is 4.27. The molecule has 4 rings (SSSR count). The Hall–Kier alpha value is -1.88. The Morgan fingerprint density at radius 2 is 1.83 bits per heavy atom. The van der Waals surface area contributed by atoms with Crippen LogP contribution in [-0.2, 0) is 0 Å². The van der Waals surface area contributed by atoms with Crippen molar-refractivity contribution in [3.63, 3.8) is 0 Å². The van der Waals surface area contributed by atoms with E-state index in [0.717, 1.165) is 34.3 Å². The Labute approximate surface area is 150 Å². The van der Waals surface area contributed by atoms with Crippen LogP contribution in [0.1, 0.15) is 54.3 Å². The van der Waals surface area contributed by atoms with Crippen molar-refractivity contribution in [2.45, 2.75) is 44.3 Å². The zero-order valence-corrected chi connectivity index (χ0v) is 15.0. The van der Waals surface area contributed by atoms with Crippen LogP contribution in [0.25, 0.3) is 0 Å². The number of nitrogens with one attached hydrogen (secondary N) is 1. The van der Waals surface area contributed by atoms with Gasteiger partial charge in [0.2, 0.25) is 0 Å². The van der Waals surface area contributed by atoms with Crippen LogP contribution in [0.15, 0.2) is 47.1 Å². The molecule has 0 bridgehead atoms. The number of halogens is 1. The maximum atomic E-state index is 13.0. The molecule has 1 amide bonds. The van der Waals surface area contributed by atoms with Gasteiger partial charge in [0, 0.05) is 22.4 Å². The first-order valence-corrected chi connectivity index (χ1v) is 9.33. The summed E-state index contributed by atoms with van der Waals surface area (Å²) < 4.78 is 1.04. The molecule has 2 heterocycles. The molecule has 4 nitrogen and oxygen atoms in total. The second-order valence-corrected chi connectivity index (χ2v) is 7.41. The number of hydrogen-bond acceptors (Lipinski definition) is 3. The van der Waals surface area contributed by atoms with Gasteiger partial charge in [-0.2, -0.15) is 0 Å². The van der Waals surface area contributed by atoms with Crippen LogP contribution >= 0.6 is 15.9 Å². The number of hydrogen-bond donors (Lipinski definition) is 1. The molecule has 1 saturated carbocycles. The summed E-state index contributed by atoms with van der Waals surface area (Å²) in [5.41, 5.74) is 2.57. The number of carbonyl (C=O) groups is 1. The van der Waals surface area contributed by atoms with E-state index in [4.69, 9.17) is 0 Å². The minimum Gasteiger partial charge on any atom is -0.360 e. The van der Waals surface area contributed by atoms with Gasteiger partial charge >= 0.3 is 0 Å². The average molecular weight is 386 g/mol. The van der Waals surface area contributed by atoms with Crippen molar-refractivity contribution < 1.29 is 4.79 Å². The van der Waals surface area contributed by atoms with Crippen LogP contribution in [-0.4, -0.2) is 21.8 Å². The van der Waals surface area contributed by atoms with E-state index in [1.54, 1.807) is 6.20 Å². The number of fused-ring (bicyclic) bond motifs is 1. The Bertz CT molecular complexity index is 741. The van der Waals surface area contributed by atoms with Gasteiger partial charge in [0.15, 0.2) is 0 Å². The molecule has 2 aliphatic rings. The molecule has 0 spiro atoms. The van der Waals surface area contributed by atoms with Crippen LogP contribution in [0.4, 0.5) is 5.69 Å². The number of aromatic nitrogens is 1. The van der Waals surface area contributed by atoms with Crippen LogP contribution < -0.4 is 5.32 Å². The van der Waals surface area contributed by atoms with Crippen molar-refractivity contribution in [1.29, 1.82) is 0 Å². The number of pyridine rings is 1. The third kappa shape index (κ3) is 2.81. The van der Waals surface area contributed by atoms with E-state index in [-0.39, 0.29) is 12.1 Å². The summed E-state index contributed by atoms with van der Waals surface area (Å²) in [7, 11) is 0. The highest BCUT2D eigenvalue weighted by atomic mass is 79.9. The predicted molar refractivity (Wildman–Crippen MR) is 97.8 cm³/mol. The lowest BCUT2D eigenvalue weighted by molar-refractivity contribution is 0.0599. The highest BCUT2D eigenvalue weighted by molar-refractivity contribution is 9.10. The monoisotopic (exact) mass is 385 g/mol. The Balaban J connectivity index is 1.68. The third-order valence-corrected chi connectivity index (χ3v) is 5.48. The molecule has 24 heavy (non-hydrogen) atoms. The van der Waals surface area contributed by atoms with E-state index < -0.39 is 0 Å². The first-order valence-electron chi connectivity index (χ1n) is 8.54. The summed E-state index contributed by atoms with van der Waals surface area (Å²) >= 11 is 3.46. The Morgan fingerprint density at radius 1 is 1.08 bits per heavy atom. The summed E-state index contributed by atoms with van der Waals surface area (Å²) in [5.74, 6) is 0.111. The maximum absolute atomic E-state index is 13.0. The third-order valence-electron chi connectivity index (χ3n) is 4.96. The molecule has 0 saturated heterocycles. The molecule has 0 radical (unpaired) electrons. The maximum Gasteiger partial charge on any atom is 0.258 e. The van der Waals surface area contributed by atoms with Crippen molar-refractivity contribution >= 4 is 27.5 Å². The zero-order chi connectivity index (χ0) is 16.5. The lowest BCUT2D eigenvalue weighted by atomic mass is 9.94. The van der Waals surface area contributed by atoms with Crippen molar-refractivity contribution in [3.05, 3.63) is 58.3 Å². The van der Waals surface area contributed by atoms with Crippen LogP contribution in [0.5, 0.6) is 0 Å². The van der Waals surface area contributed by atoms with Gasteiger partial charge in [0.25, 0.3) is 5.91 Å². The quantitative estimate of drug-likeness (QED) is 0.829. The fourth-order valence-corrected chi connectivity index (χ4v) is 4.05. The summed E-state index contributed by atoms with van der Waals surface area (Å²) in [6.07, 6.45) is 7.42. The molecular weight excluding hydrogens is 366 g/mol. The van der Waals surface area contributed by atoms with E-state index in [0.29, 0.717) is 6.04 Å². The standard InChI is InChI=1S/C19H20BrN3O/c20-13-8-10-14(11-9-13)22-18-17-16(7-4-12-21-17)19(24)23(18)15-5-2-1-3-6-15/h4,7-12,15,18,22H,1-3,5-6H2. The summed E-state index contributed by atoms with van der Waals surface area (Å²) in [4.78, 5) is 19.5. The second kappa shape index (κ2) is 6.55. The molecule has 1 aromatic carbocycles. The van der Waals surface area contributed by atoms with Crippen LogP contribution in [0.2, 0.25) is 0 Å². The van der Waals surface area contributed by atoms with Gasteiger partial charge in [-0.05, 0) is 49.2 Å². The molecule has 1 atom stereocenters. The van der Waals surface area contributed by atoms with E-state index in [2.05, 4.69) is 26.2 Å². The summed E-state index contributed by atoms with van der Waals surface area (Å²) in [5, 5.41) is 3.52. The largest absolute Gasteiger partial charge is 0.360 e. The van der Waals surface area contributed by atoms with Crippen molar-refractivity contribution in [2.24, 2.45) is 0 Å². The van der Waals surface area contributed by atoms with Gasteiger partial charge in [-0.25, -0.2) is 0 Å². The van der Waals surface area contributed by atoms with Gasteiger partial charge < -0.3 is 10.2 Å². The van der Waals surface area contributed by atoms with Gasteiger partial charge in [-0.1, -0.05) is 35.2 Å². The normalized spacial score (nSPS) is 21.0. The molecular formula is C19H20BrN3O. The van der Waals surface area contributed by atoms with Crippen LogP contribution in [0, 0.1) is 0 Å². The van der Waals surface area contributed by atoms with Crippen LogP contribution in [0.3, 0.4) is 0 Å². The van der Waals surface area contributed by atoms with E-state index in [1.165, 1.54) is 19.3 Å². The molecule has 1 aliphatic carbocycles. The van der Waals surface area contributed by atoms with Gasteiger partial charge in [-0.15, -0.1) is 0 Å². The SMILES string of the molecule is O=C1c2cccnc2C(Nc2ccc(Br)cc2)N1C1CCCCC1. The summed E-state index contributed by atoms with van der Waals surface area (Å²) in [6.45, 7) is 0.